The molecule has 1 N–H and O–H groups in total. The molecule has 0 radical (unpaired) electrons. The van der Waals surface area contributed by atoms with Crippen LogP contribution in [0.1, 0.15) is 33.6 Å². The van der Waals surface area contributed by atoms with Gasteiger partial charge in [-0.1, -0.05) is 26.8 Å². The van der Waals surface area contributed by atoms with Crippen molar-refractivity contribution in [1.29, 1.82) is 0 Å². The minimum Gasteiger partial charge on any atom is -0.353 e. The van der Waals surface area contributed by atoms with E-state index < -0.39 is 0 Å². The first kappa shape index (κ1) is 11.2. The molecule has 0 spiro atoms. The third kappa shape index (κ3) is 7.32. The summed E-state index contributed by atoms with van der Waals surface area (Å²) in [7, 11) is 0. The van der Waals surface area contributed by atoms with E-state index >= 15 is 0 Å². The molecule has 0 bridgehead atoms. The molecule has 0 fully saturated rings. The van der Waals surface area contributed by atoms with E-state index in [1.54, 1.807) is 6.08 Å². The first-order valence-electron chi connectivity index (χ1n) is 4.33. The SMILES string of the molecule is C=CCNC(=O)CCC(C)(C)C. The lowest BCUT2D eigenvalue weighted by Gasteiger charge is -2.16. The first-order valence-corrected chi connectivity index (χ1v) is 4.33. The van der Waals surface area contributed by atoms with Crippen LogP contribution in [-0.4, -0.2) is 12.5 Å². The molecule has 0 aliphatic heterocycles. The third-order valence-corrected chi connectivity index (χ3v) is 1.55. The lowest BCUT2D eigenvalue weighted by Crippen LogP contribution is -2.24. The van der Waals surface area contributed by atoms with E-state index in [-0.39, 0.29) is 11.3 Å². The molecule has 1 amide bonds. The summed E-state index contributed by atoms with van der Waals surface area (Å²) in [5.41, 5.74) is 0.242. The molecular formula is C10H19NO. The predicted molar refractivity (Wildman–Crippen MR) is 51.9 cm³/mol. The Morgan fingerprint density at radius 2 is 2.08 bits per heavy atom. The van der Waals surface area contributed by atoms with Gasteiger partial charge in [-0.3, -0.25) is 4.79 Å². The minimum atomic E-state index is 0.116. The van der Waals surface area contributed by atoms with Crippen molar-refractivity contribution >= 4 is 5.91 Å². The Kier molecular flexibility index (Phi) is 4.64. The molecular weight excluding hydrogens is 150 g/mol. The molecule has 0 rings (SSSR count). The summed E-state index contributed by atoms with van der Waals surface area (Å²) < 4.78 is 0. The van der Waals surface area contributed by atoms with Crippen LogP contribution in [0.4, 0.5) is 0 Å². The average Bonchev–Trinajstić information content (AvgIpc) is 1.95. The Bertz CT molecular complexity index is 156. The van der Waals surface area contributed by atoms with E-state index in [1.807, 2.05) is 0 Å². The Morgan fingerprint density at radius 1 is 1.50 bits per heavy atom. The molecule has 0 saturated heterocycles. The van der Waals surface area contributed by atoms with Crippen molar-refractivity contribution in [2.45, 2.75) is 33.6 Å². The van der Waals surface area contributed by atoms with E-state index in [2.05, 4.69) is 32.7 Å². The smallest absolute Gasteiger partial charge is 0.220 e. The van der Waals surface area contributed by atoms with Crippen LogP contribution in [0.15, 0.2) is 12.7 Å². The highest BCUT2D eigenvalue weighted by Gasteiger charge is 2.11. The van der Waals surface area contributed by atoms with Crippen LogP contribution in [-0.2, 0) is 4.79 Å². The van der Waals surface area contributed by atoms with Gasteiger partial charge >= 0.3 is 0 Å². The van der Waals surface area contributed by atoms with E-state index in [4.69, 9.17) is 0 Å². The molecule has 0 unspecified atom stereocenters. The van der Waals surface area contributed by atoms with Gasteiger partial charge in [-0.05, 0) is 11.8 Å². The minimum absolute atomic E-state index is 0.116. The Hall–Kier alpha value is -0.790. The summed E-state index contributed by atoms with van der Waals surface area (Å²) in [6.45, 7) is 10.5. The van der Waals surface area contributed by atoms with E-state index in [9.17, 15) is 4.79 Å². The quantitative estimate of drug-likeness (QED) is 0.642. The molecule has 70 valence electrons. The Balaban J connectivity index is 3.51. The standard InChI is InChI=1S/C10H19NO/c1-5-8-11-9(12)6-7-10(2,3)4/h5H,1,6-8H2,2-4H3,(H,11,12). The summed E-state index contributed by atoms with van der Waals surface area (Å²) in [4.78, 5) is 11.1. The number of nitrogens with one attached hydrogen (secondary N) is 1. The number of hydrogen-bond acceptors (Lipinski definition) is 1. The first-order chi connectivity index (χ1) is 5.45. The molecule has 0 aliphatic carbocycles. The fourth-order valence-electron chi connectivity index (χ4n) is 0.763. The maximum atomic E-state index is 11.1. The summed E-state index contributed by atoms with van der Waals surface area (Å²) in [6, 6.07) is 0. The number of carbonyl (C=O) groups is 1. The number of hydrogen-bond donors (Lipinski definition) is 1. The molecule has 2 heteroatoms. The van der Waals surface area contributed by atoms with E-state index in [1.165, 1.54) is 0 Å². The summed E-state index contributed by atoms with van der Waals surface area (Å²) in [5.74, 6) is 0.116. The van der Waals surface area contributed by atoms with Crippen LogP contribution in [0.3, 0.4) is 0 Å². The van der Waals surface area contributed by atoms with Crippen LogP contribution in [0.5, 0.6) is 0 Å². The van der Waals surface area contributed by atoms with Crippen LogP contribution >= 0.6 is 0 Å². The fourth-order valence-corrected chi connectivity index (χ4v) is 0.763. The molecule has 0 aromatic carbocycles. The van der Waals surface area contributed by atoms with E-state index in [0.29, 0.717) is 13.0 Å². The van der Waals surface area contributed by atoms with Gasteiger partial charge in [0.05, 0.1) is 0 Å². The molecule has 0 aromatic rings. The molecule has 0 atom stereocenters. The van der Waals surface area contributed by atoms with Crippen LogP contribution in [0, 0.1) is 5.41 Å². The summed E-state index contributed by atoms with van der Waals surface area (Å²) >= 11 is 0. The van der Waals surface area contributed by atoms with Gasteiger partial charge in [-0.15, -0.1) is 6.58 Å². The van der Waals surface area contributed by atoms with Crippen molar-refractivity contribution in [1.82, 2.24) is 5.32 Å². The molecule has 2 nitrogen and oxygen atoms in total. The van der Waals surface area contributed by atoms with Gasteiger partial charge in [0.25, 0.3) is 0 Å². The number of carbonyl (C=O) groups excluding carboxylic acids is 1. The summed E-state index contributed by atoms with van der Waals surface area (Å²) in [5, 5.41) is 2.75. The lowest BCUT2D eigenvalue weighted by atomic mass is 9.90. The zero-order valence-corrected chi connectivity index (χ0v) is 8.31. The van der Waals surface area contributed by atoms with Gasteiger partial charge in [0.1, 0.15) is 0 Å². The van der Waals surface area contributed by atoms with Gasteiger partial charge in [0.15, 0.2) is 0 Å². The van der Waals surface area contributed by atoms with Crippen molar-refractivity contribution in [3.63, 3.8) is 0 Å². The van der Waals surface area contributed by atoms with Crippen molar-refractivity contribution in [3.8, 4) is 0 Å². The average molecular weight is 169 g/mol. The van der Waals surface area contributed by atoms with Crippen LogP contribution in [0.25, 0.3) is 0 Å². The summed E-state index contributed by atoms with van der Waals surface area (Å²) in [6.07, 6.45) is 3.22. The monoisotopic (exact) mass is 169 g/mol. The zero-order chi connectivity index (χ0) is 9.61. The molecule has 0 saturated carbocycles. The van der Waals surface area contributed by atoms with Crippen molar-refractivity contribution in [2.24, 2.45) is 5.41 Å². The second-order valence-corrected chi connectivity index (χ2v) is 4.15. The maximum absolute atomic E-state index is 11.1. The van der Waals surface area contributed by atoms with E-state index in [0.717, 1.165) is 6.42 Å². The topological polar surface area (TPSA) is 29.1 Å². The molecule has 0 aliphatic rings. The fraction of sp³-hybridized carbons (Fsp3) is 0.700. The highest BCUT2D eigenvalue weighted by molar-refractivity contribution is 5.75. The molecule has 0 aromatic heterocycles. The van der Waals surface area contributed by atoms with Crippen molar-refractivity contribution in [2.75, 3.05) is 6.54 Å². The van der Waals surface area contributed by atoms with Gasteiger partial charge in [-0.25, -0.2) is 0 Å². The molecule has 0 heterocycles. The van der Waals surface area contributed by atoms with Gasteiger partial charge in [-0.2, -0.15) is 0 Å². The lowest BCUT2D eigenvalue weighted by molar-refractivity contribution is -0.121. The van der Waals surface area contributed by atoms with Crippen LogP contribution in [0.2, 0.25) is 0 Å². The number of amides is 1. The Morgan fingerprint density at radius 3 is 2.50 bits per heavy atom. The van der Waals surface area contributed by atoms with Gasteiger partial charge in [0.2, 0.25) is 5.91 Å². The van der Waals surface area contributed by atoms with Gasteiger partial charge < -0.3 is 5.32 Å². The van der Waals surface area contributed by atoms with Crippen LogP contribution < -0.4 is 5.32 Å². The maximum Gasteiger partial charge on any atom is 0.220 e. The normalized spacial score (nSPS) is 10.9. The third-order valence-electron chi connectivity index (χ3n) is 1.55. The van der Waals surface area contributed by atoms with Crippen molar-refractivity contribution < 1.29 is 4.79 Å². The predicted octanol–water partition coefficient (Wildman–Crippen LogP) is 2.11. The van der Waals surface area contributed by atoms with Gasteiger partial charge in [0, 0.05) is 13.0 Å². The van der Waals surface area contributed by atoms with Crippen molar-refractivity contribution in [3.05, 3.63) is 12.7 Å². The zero-order valence-electron chi connectivity index (χ0n) is 8.31. The molecule has 12 heavy (non-hydrogen) atoms. The second-order valence-electron chi connectivity index (χ2n) is 4.15. The second kappa shape index (κ2) is 4.96. The largest absolute Gasteiger partial charge is 0.353 e. The highest BCUT2D eigenvalue weighted by Crippen LogP contribution is 2.19. The highest BCUT2D eigenvalue weighted by atomic mass is 16.1. The Labute approximate surface area is 75.0 Å². The number of rotatable bonds is 4.